The van der Waals surface area contributed by atoms with E-state index in [0.29, 0.717) is 13.1 Å². The molecule has 1 aliphatic heterocycles. The van der Waals surface area contributed by atoms with E-state index in [2.05, 4.69) is 15.2 Å². The van der Waals surface area contributed by atoms with Gasteiger partial charge in [-0.2, -0.15) is 13.2 Å². The molecule has 22 heavy (non-hydrogen) atoms. The molecular weight excluding hydrogens is 297 g/mol. The smallest absolute Gasteiger partial charge is 0.319 e. The van der Waals surface area contributed by atoms with Crippen molar-refractivity contribution in [2.24, 2.45) is 0 Å². The number of nitrogens with zero attached hydrogens (tertiary/aromatic N) is 3. The van der Waals surface area contributed by atoms with Gasteiger partial charge in [0.15, 0.2) is 0 Å². The number of nitrogens with one attached hydrogen (secondary N) is 1. The summed E-state index contributed by atoms with van der Waals surface area (Å²) in [5, 5.41) is 2.34. The van der Waals surface area contributed by atoms with E-state index in [9.17, 15) is 18.0 Å². The van der Waals surface area contributed by atoms with Crippen molar-refractivity contribution in [1.29, 1.82) is 0 Å². The first-order valence-corrected chi connectivity index (χ1v) is 6.99. The molecule has 0 spiro atoms. The van der Waals surface area contributed by atoms with Crippen molar-refractivity contribution >= 4 is 11.7 Å². The molecule has 0 unspecified atom stereocenters. The van der Waals surface area contributed by atoms with Gasteiger partial charge in [0.25, 0.3) is 0 Å². The molecule has 2 heterocycles. The molecule has 2 rings (SSSR count). The lowest BCUT2D eigenvalue weighted by Gasteiger charge is -2.42. The van der Waals surface area contributed by atoms with Crippen molar-refractivity contribution in [3.05, 3.63) is 24.0 Å². The minimum absolute atomic E-state index is 0.0767. The summed E-state index contributed by atoms with van der Waals surface area (Å²) < 4.78 is 38.8. The lowest BCUT2D eigenvalue weighted by Crippen LogP contribution is -2.57. The van der Waals surface area contributed by atoms with Crippen LogP contribution in [-0.2, 0) is 6.18 Å². The zero-order valence-corrected chi connectivity index (χ0v) is 12.7. The number of urea groups is 1. The number of halogens is 3. The molecule has 0 saturated carbocycles. The number of carbonyl (C=O) groups excluding carboxylic acids is 1. The van der Waals surface area contributed by atoms with E-state index in [1.807, 2.05) is 20.9 Å². The van der Waals surface area contributed by atoms with Crippen LogP contribution < -0.4 is 5.32 Å². The number of hydrogen-bond donors (Lipinski definition) is 1. The van der Waals surface area contributed by atoms with Gasteiger partial charge in [-0.15, -0.1) is 0 Å². The average molecular weight is 316 g/mol. The zero-order valence-electron chi connectivity index (χ0n) is 12.7. The van der Waals surface area contributed by atoms with Gasteiger partial charge >= 0.3 is 12.2 Å². The molecule has 2 amide bonds. The van der Waals surface area contributed by atoms with E-state index in [1.54, 1.807) is 4.90 Å². The summed E-state index contributed by atoms with van der Waals surface area (Å²) in [6, 6.07) is 0.391. The van der Waals surface area contributed by atoms with Gasteiger partial charge in [0, 0.05) is 31.4 Å². The van der Waals surface area contributed by atoms with Crippen LogP contribution in [0.3, 0.4) is 0 Å². The van der Waals surface area contributed by atoms with Crippen LogP contribution in [0, 0.1) is 0 Å². The lowest BCUT2D eigenvalue weighted by atomic mass is 10.1. The number of amides is 2. The van der Waals surface area contributed by atoms with Crippen molar-refractivity contribution in [1.82, 2.24) is 14.8 Å². The number of carbonyl (C=O) groups is 1. The molecule has 1 fully saturated rings. The van der Waals surface area contributed by atoms with Gasteiger partial charge in [-0.25, -0.2) is 4.79 Å². The van der Waals surface area contributed by atoms with Crippen LogP contribution in [0.25, 0.3) is 0 Å². The Bertz CT molecular complexity index is 549. The SMILES string of the molecule is C[C@@H]1CN(C)[C@@H](C)CN1C(=O)Nc1cnccc1C(F)(F)F. The van der Waals surface area contributed by atoms with Gasteiger partial charge in [0.2, 0.25) is 0 Å². The first-order valence-electron chi connectivity index (χ1n) is 6.99. The molecule has 0 radical (unpaired) electrons. The second-order valence-corrected chi connectivity index (χ2v) is 5.64. The fourth-order valence-electron chi connectivity index (χ4n) is 2.51. The number of anilines is 1. The van der Waals surface area contributed by atoms with Crippen molar-refractivity contribution in [3.8, 4) is 0 Å². The largest absolute Gasteiger partial charge is 0.418 e. The van der Waals surface area contributed by atoms with Crippen LogP contribution in [0.1, 0.15) is 19.4 Å². The predicted molar refractivity (Wildman–Crippen MR) is 76.5 cm³/mol. The fraction of sp³-hybridized carbons (Fsp3) is 0.571. The minimum Gasteiger partial charge on any atom is -0.319 e. The molecule has 1 aromatic heterocycles. The Kier molecular flexibility index (Phi) is 4.60. The van der Waals surface area contributed by atoms with Crippen molar-refractivity contribution in [2.75, 3.05) is 25.5 Å². The van der Waals surface area contributed by atoms with Gasteiger partial charge in [-0.3, -0.25) is 9.88 Å². The van der Waals surface area contributed by atoms with Crippen LogP contribution in [0.15, 0.2) is 18.5 Å². The van der Waals surface area contributed by atoms with Crippen LogP contribution in [-0.4, -0.2) is 53.0 Å². The molecule has 2 atom stereocenters. The third-order valence-electron chi connectivity index (χ3n) is 3.93. The summed E-state index contributed by atoms with van der Waals surface area (Å²) in [4.78, 5) is 19.6. The van der Waals surface area contributed by atoms with Crippen molar-refractivity contribution in [3.63, 3.8) is 0 Å². The van der Waals surface area contributed by atoms with Gasteiger partial charge in [-0.05, 0) is 27.0 Å². The Labute approximate surface area is 127 Å². The minimum atomic E-state index is -4.54. The van der Waals surface area contributed by atoms with Crippen LogP contribution in [0.4, 0.5) is 23.7 Å². The van der Waals surface area contributed by atoms with Crippen molar-refractivity contribution in [2.45, 2.75) is 32.1 Å². The summed E-state index contributed by atoms with van der Waals surface area (Å²) in [7, 11) is 1.96. The highest BCUT2D eigenvalue weighted by atomic mass is 19.4. The molecule has 1 aromatic rings. The first-order chi connectivity index (χ1) is 10.2. The lowest BCUT2D eigenvalue weighted by molar-refractivity contribution is -0.137. The van der Waals surface area contributed by atoms with Gasteiger partial charge in [-0.1, -0.05) is 0 Å². The molecule has 122 valence electrons. The van der Waals surface area contributed by atoms with Gasteiger partial charge in [0.1, 0.15) is 0 Å². The molecule has 8 heteroatoms. The number of likely N-dealkylation sites (N-methyl/N-ethyl adjacent to an activating group) is 1. The quantitative estimate of drug-likeness (QED) is 0.866. The summed E-state index contributed by atoms with van der Waals surface area (Å²) in [5.41, 5.74) is -1.22. The van der Waals surface area contributed by atoms with E-state index < -0.39 is 17.8 Å². The number of piperazine rings is 1. The second kappa shape index (κ2) is 6.12. The van der Waals surface area contributed by atoms with Gasteiger partial charge in [0.05, 0.1) is 17.4 Å². The molecule has 0 aromatic carbocycles. The first kappa shape index (κ1) is 16.5. The van der Waals surface area contributed by atoms with E-state index in [0.717, 1.165) is 18.5 Å². The number of pyridine rings is 1. The monoisotopic (exact) mass is 316 g/mol. The summed E-state index contributed by atoms with van der Waals surface area (Å²) in [5.74, 6) is 0. The van der Waals surface area contributed by atoms with E-state index in [-0.39, 0.29) is 17.8 Å². The maximum absolute atomic E-state index is 12.9. The normalized spacial score (nSPS) is 23.5. The fourth-order valence-corrected chi connectivity index (χ4v) is 2.51. The topological polar surface area (TPSA) is 48.5 Å². The maximum atomic E-state index is 12.9. The number of rotatable bonds is 1. The van der Waals surface area contributed by atoms with E-state index in [4.69, 9.17) is 0 Å². The highest BCUT2D eigenvalue weighted by Crippen LogP contribution is 2.34. The second-order valence-electron chi connectivity index (χ2n) is 5.64. The number of alkyl halides is 3. The number of hydrogen-bond acceptors (Lipinski definition) is 3. The molecule has 1 N–H and O–H groups in total. The molecule has 1 aliphatic rings. The molecular formula is C14H19F3N4O. The Morgan fingerprint density at radius 3 is 2.64 bits per heavy atom. The Balaban J connectivity index is 2.16. The van der Waals surface area contributed by atoms with E-state index >= 15 is 0 Å². The molecule has 0 bridgehead atoms. The Hall–Kier alpha value is -1.83. The third kappa shape index (κ3) is 3.49. The molecule has 0 aliphatic carbocycles. The maximum Gasteiger partial charge on any atom is 0.418 e. The van der Waals surface area contributed by atoms with Gasteiger partial charge < -0.3 is 10.2 Å². The Morgan fingerprint density at radius 2 is 2.00 bits per heavy atom. The molecule has 5 nitrogen and oxygen atoms in total. The average Bonchev–Trinajstić information content (AvgIpc) is 2.42. The van der Waals surface area contributed by atoms with Crippen molar-refractivity contribution < 1.29 is 18.0 Å². The Morgan fingerprint density at radius 1 is 1.32 bits per heavy atom. The van der Waals surface area contributed by atoms with Crippen LogP contribution in [0.5, 0.6) is 0 Å². The van der Waals surface area contributed by atoms with E-state index in [1.165, 1.54) is 0 Å². The highest BCUT2D eigenvalue weighted by molar-refractivity contribution is 5.90. The number of aromatic nitrogens is 1. The van der Waals surface area contributed by atoms with Crippen LogP contribution in [0.2, 0.25) is 0 Å². The molecule has 1 saturated heterocycles. The summed E-state index contributed by atoms with van der Waals surface area (Å²) in [6.45, 7) is 4.98. The highest BCUT2D eigenvalue weighted by Gasteiger charge is 2.35. The summed E-state index contributed by atoms with van der Waals surface area (Å²) >= 11 is 0. The third-order valence-corrected chi connectivity index (χ3v) is 3.93. The van der Waals surface area contributed by atoms with Crippen LogP contribution >= 0.6 is 0 Å². The standard InChI is InChI=1S/C14H19F3N4O/c1-9-8-21(10(2)7-20(9)3)13(22)19-12-6-18-5-4-11(12)14(15,16)17/h4-6,9-10H,7-8H2,1-3H3,(H,19,22)/t9-,10+/m0/s1. The predicted octanol–water partition coefficient (Wildman–Crippen LogP) is 2.66. The zero-order chi connectivity index (χ0) is 16.5. The summed E-state index contributed by atoms with van der Waals surface area (Å²) in [6.07, 6.45) is -2.46.